The number of alkyl carbamates (subject to hydrolysis) is 1. The molecule has 1 aliphatic heterocycles. The summed E-state index contributed by atoms with van der Waals surface area (Å²) in [4.78, 5) is 11.6. The number of ether oxygens (including phenoxy) is 1. The van der Waals surface area contributed by atoms with Crippen LogP contribution in [0.15, 0.2) is 0 Å². The van der Waals surface area contributed by atoms with Crippen molar-refractivity contribution < 1.29 is 9.53 Å². The van der Waals surface area contributed by atoms with Crippen LogP contribution in [0.1, 0.15) is 47.5 Å². The number of carbonyl (C=O) groups excluding carboxylic acids is 1. The normalized spacial score (nSPS) is 25.8. The highest BCUT2D eigenvalue weighted by Crippen LogP contribution is 2.16. The van der Waals surface area contributed by atoms with Crippen LogP contribution >= 0.6 is 0 Å². The first kappa shape index (κ1) is 14.3. The van der Waals surface area contributed by atoms with Crippen molar-refractivity contribution in [3.8, 4) is 0 Å². The number of rotatable bonds is 2. The van der Waals surface area contributed by atoms with Gasteiger partial charge in [-0.05, 0) is 46.1 Å². The molecule has 17 heavy (non-hydrogen) atoms. The van der Waals surface area contributed by atoms with Gasteiger partial charge in [-0.1, -0.05) is 13.8 Å². The molecule has 1 rings (SSSR count). The van der Waals surface area contributed by atoms with Gasteiger partial charge in [-0.3, -0.25) is 0 Å². The maximum absolute atomic E-state index is 11.6. The van der Waals surface area contributed by atoms with Crippen molar-refractivity contribution in [3.63, 3.8) is 0 Å². The molecule has 0 aromatic carbocycles. The van der Waals surface area contributed by atoms with Gasteiger partial charge in [0.2, 0.25) is 0 Å². The average Bonchev–Trinajstić information content (AvgIpc) is 2.14. The first-order valence-corrected chi connectivity index (χ1v) is 6.51. The third-order valence-corrected chi connectivity index (χ3v) is 2.96. The van der Waals surface area contributed by atoms with Crippen LogP contribution in [0.2, 0.25) is 0 Å². The Morgan fingerprint density at radius 1 is 1.41 bits per heavy atom. The number of hydrogen-bond acceptors (Lipinski definition) is 3. The first-order chi connectivity index (χ1) is 7.78. The van der Waals surface area contributed by atoms with Crippen molar-refractivity contribution in [2.75, 3.05) is 6.54 Å². The van der Waals surface area contributed by atoms with Gasteiger partial charge < -0.3 is 15.4 Å². The van der Waals surface area contributed by atoms with Gasteiger partial charge in [0.05, 0.1) is 0 Å². The number of nitrogens with one attached hydrogen (secondary N) is 2. The van der Waals surface area contributed by atoms with Gasteiger partial charge >= 0.3 is 6.09 Å². The van der Waals surface area contributed by atoms with Crippen LogP contribution in [0.25, 0.3) is 0 Å². The van der Waals surface area contributed by atoms with E-state index in [1.54, 1.807) is 0 Å². The van der Waals surface area contributed by atoms with Crippen LogP contribution in [-0.2, 0) is 4.74 Å². The molecule has 2 atom stereocenters. The maximum atomic E-state index is 11.6. The lowest BCUT2D eigenvalue weighted by Gasteiger charge is -2.33. The molecule has 4 nitrogen and oxygen atoms in total. The summed E-state index contributed by atoms with van der Waals surface area (Å²) in [5, 5.41) is 6.44. The zero-order valence-electron chi connectivity index (χ0n) is 11.7. The summed E-state index contributed by atoms with van der Waals surface area (Å²) in [5.74, 6) is 0.596. The molecule has 1 amide bonds. The van der Waals surface area contributed by atoms with E-state index in [0.29, 0.717) is 12.0 Å². The minimum absolute atomic E-state index is 0.235. The highest BCUT2D eigenvalue weighted by atomic mass is 16.6. The quantitative estimate of drug-likeness (QED) is 0.781. The summed E-state index contributed by atoms with van der Waals surface area (Å²) in [7, 11) is 0. The van der Waals surface area contributed by atoms with Gasteiger partial charge in [-0.25, -0.2) is 4.79 Å². The molecule has 2 N–H and O–H groups in total. The third kappa shape index (κ3) is 5.39. The lowest BCUT2D eigenvalue weighted by Crippen LogP contribution is -2.50. The topological polar surface area (TPSA) is 50.4 Å². The molecule has 100 valence electrons. The number of hydrogen-bond donors (Lipinski definition) is 2. The predicted molar refractivity (Wildman–Crippen MR) is 69.0 cm³/mol. The first-order valence-electron chi connectivity index (χ1n) is 6.51. The molecule has 0 aromatic rings. The minimum atomic E-state index is -0.422. The Kier molecular flexibility index (Phi) is 4.80. The lowest BCUT2D eigenvalue weighted by molar-refractivity contribution is 0.0486. The second-order valence-corrected chi connectivity index (χ2v) is 6.17. The van der Waals surface area contributed by atoms with Gasteiger partial charge in [-0.15, -0.1) is 0 Å². The Hall–Kier alpha value is -0.770. The lowest BCUT2D eigenvalue weighted by atomic mass is 9.92. The SMILES string of the molecule is CC(C)[C@@H]1C[C@H](NC(=O)OC(C)(C)C)CCN1. The van der Waals surface area contributed by atoms with Crippen LogP contribution in [0.3, 0.4) is 0 Å². The van der Waals surface area contributed by atoms with E-state index in [1.165, 1.54) is 0 Å². The summed E-state index contributed by atoms with van der Waals surface area (Å²) < 4.78 is 5.27. The summed E-state index contributed by atoms with van der Waals surface area (Å²) in [6.07, 6.45) is 1.66. The molecule has 0 spiro atoms. The number of amides is 1. The second-order valence-electron chi connectivity index (χ2n) is 6.17. The van der Waals surface area contributed by atoms with E-state index in [9.17, 15) is 4.79 Å². The Balaban J connectivity index is 2.38. The summed E-state index contributed by atoms with van der Waals surface area (Å²) in [6.45, 7) is 11.0. The van der Waals surface area contributed by atoms with Crippen molar-refractivity contribution in [1.29, 1.82) is 0 Å². The van der Waals surface area contributed by atoms with Crippen LogP contribution in [0, 0.1) is 5.92 Å². The van der Waals surface area contributed by atoms with E-state index in [4.69, 9.17) is 4.74 Å². The van der Waals surface area contributed by atoms with Crippen molar-refractivity contribution in [2.45, 2.75) is 65.1 Å². The Labute approximate surface area is 104 Å². The highest BCUT2D eigenvalue weighted by molar-refractivity contribution is 5.68. The molecule has 0 aliphatic carbocycles. The van der Waals surface area contributed by atoms with E-state index in [1.807, 2.05) is 20.8 Å². The second kappa shape index (κ2) is 5.71. The zero-order valence-corrected chi connectivity index (χ0v) is 11.7. The van der Waals surface area contributed by atoms with Crippen molar-refractivity contribution >= 4 is 6.09 Å². The summed E-state index contributed by atoms with van der Waals surface area (Å²) in [6, 6.07) is 0.724. The fourth-order valence-corrected chi connectivity index (χ4v) is 2.06. The largest absolute Gasteiger partial charge is 0.444 e. The van der Waals surface area contributed by atoms with E-state index in [-0.39, 0.29) is 12.1 Å². The molecular weight excluding hydrogens is 216 g/mol. The molecule has 0 radical (unpaired) electrons. The fraction of sp³-hybridized carbons (Fsp3) is 0.923. The standard InChI is InChI=1S/C13H26N2O2/c1-9(2)11-8-10(6-7-14-11)15-12(16)17-13(3,4)5/h9-11,14H,6-8H2,1-5H3,(H,15,16)/t10-,11+/m1/s1. The molecule has 0 bridgehead atoms. The molecule has 0 saturated carbocycles. The summed E-state index contributed by atoms with van der Waals surface area (Å²) in [5.41, 5.74) is -0.422. The third-order valence-electron chi connectivity index (χ3n) is 2.96. The molecule has 0 unspecified atom stereocenters. The molecule has 1 fully saturated rings. The molecule has 1 saturated heterocycles. The fourth-order valence-electron chi connectivity index (χ4n) is 2.06. The molecule has 4 heteroatoms. The predicted octanol–water partition coefficient (Wildman–Crippen LogP) is 2.29. The summed E-state index contributed by atoms with van der Waals surface area (Å²) >= 11 is 0. The molecule has 1 heterocycles. The highest BCUT2D eigenvalue weighted by Gasteiger charge is 2.26. The van der Waals surface area contributed by atoms with Gasteiger partial charge in [0.1, 0.15) is 5.60 Å². The molecule has 1 aliphatic rings. The van der Waals surface area contributed by atoms with Crippen LogP contribution < -0.4 is 10.6 Å². The molecular formula is C13H26N2O2. The van der Waals surface area contributed by atoms with Crippen LogP contribution in [0.4, 0.5) is 4.79 Å². The maximum Gasteiger partial charge on any atom is 0.407 e. The van der Waals surface area contributed by atoms with Gasteiger partial charge in [0.25, 0.3) is 0 Å². The molecule has 0 aromatic heterocycles. The minimum Gasteiger partial charge on any atom is -0.444 e. The van der Waals surface area contributed by atoms with Crippen molar-refractivity contribution in [2.24, 2.45) is 5.92 Å². The van der Waals surface area contributed by atoms with Crippen LogP contribution in [0.5, 0.6) is 0 Å². The van der Waals surface area contributed by atoms with Gasteiger partial charge in [-0.2, -0.15) is 0 Å². The average molecular weight is 242 g/mol. The smallest absolute Gasteiger partial charge is 0.407 e. The number of carbonyl (C=O) groups is 1. The van der Waals surface area contributed by atoms with E-state index in [2.05, 4.69) is 24.5 Å². The Morgan fingerprint density at radius 3 is 2.59 bits per heavy atom. The van der Waals surface area contributed by atoms with Crippen LogP contribution in [-0.4, -0.2) is 30.3 Å². The monoisotopic (exact) mass is 242 g/mol. The van der Waals surface area contributed by atoms with Gasteiger partial charge in [0.15, 0.2) is 0 Å². The Bertz CT molecular complexity index is 259. The number of piperidine rings is 1. The van der Waals surface area contributed by atoms with Crippen molar-refractivity contribution in [3.05, 3.63) is 0 Å². The van der Waals surface area contributed by atoms with E-state index in [0.717, 1.165) is 19.4 Å². The van der Waals surface area contributed by atoms with Gasteiger partial charge in [0, 0.05) is 12.1 Å². The Morgan fingerprint density at radius 2 is 2.06 bits per heavy atom. The zero-order chi connectivity index (χ0) is 13.1. The van der Waals surface area contributed by atoms with E-state index < -0.39 is 5.60 Å². The van der Waals surface area contributed by atoms with Crippen molar-refractivity contribution in [1.82, 2.24) is 10.6 Å². The van der Waals surface area contributed by atoms with E-state index >= 15 is 0 Å².